The Morgan fingerprint density at radius 2 is 1.57 bits per heavy atom. The molecule has 0 aliphatic carbocycles. The lowest BCUT2D eigenvalue weighted by Gasteiger charge is -2.06. The van der Waals surface area contributed by atoms with Crippen molar-refractivity contribution in [1.29, 1.82) is 0 Å². The third-order valence-corrected chi connectivity index (χ3v) is 3.79. The summed E-state index contributed by atoms with van der Waals surface area (Å²) in [7, 11) is 0. The van der Waals surface area contributed by atoms with Gasteiger partial charge in [0.15, 0.2) is 0 Å². The van der Waals surface area contributed by atoms with E-state index in [0.29, 0.717) is 11.1 Å². The molecule has 0 spiro atoms. The Hall–Kier alpha value is -1.70. The van der Waals surface area contributed by atoms with Gasteiger partial charge in [-0.25, -0.2) is 0 Å². The molecule has 3 heteroatoms. The van der Waals surface area contributed by atoms with Crippen LogP contribution in [0.1, 0.15) is 19.8 Å². The van der Waals surface area contributed by atoms with E-state index in [2.05, 4.69) is 37.3 Å². The Kier molecular flexibility index (Phi) is 7.25. The van der Waals surface area contributed by atoms with Gasteiger partial charge < -0.3 is 4.74 Å². The van der Waals surface area contributed by atoms with Crippen LogP contribution in [-0.2, 0) is 0 Å². The van der Waals surface area contributed by atoms with Crippen molar-refractivity contribution in [3.05, 3.63) is 76.8 Å². The van der Waals surface area contributed by atoms with Crippen LogP contribution in [0.25, 0.3) is 11.1 Å². The maximum Gasteiger partial charge on any atom is 0.119 e. The van der Waals surface area contributed by atoms with E-state index in [1.807, 2.05) is 36.4 Å². The molecule has 120 valence electrons. The Morgan fingerprint density at radius 1 is 0.913 bits per heavy atom. The van der Waals surface area contributed by atoms with Gasteiger partial charge in [0.1, 0.15) is 16.8 Å². The van der Waals surface area contributed by atoms with Crippen molar-refractivity contribution in [1.82, 2.24) is 0 Å². The molecule has 0 fully saturated rings. The van der Waals surface area contributed by atoms with Gasteiger partial charge in [0, 0.05) is 0 Å². The first kappa shape index (κ1) is 17.7. The molecule has 0 aromatic heterocycles. The summed E-state index contributed by atoms with van der Waals surface area (Å²) in [4.78, 5) is 0. The number of halogens is 2. The minimum atomic E-state index is 0.326. The SMILES string of the molecule is C/C(=C\COc1ccc(-c2ccccc2)cc1)CCC=C(Cl)Cl. The molecule has 0 amide bonds. The van der Waals surface area contributed by atoms with Crippen LogP contribution in [0.4, 0.5) is 0 Å². The molecular weight excluding hydrogens is 327 g/mol. The highest BCUT2D eigenvalue weighted by Crippen LogP contribution is 2.22. The fraction of sp³-hybridized carbons (Fsp3) is 0.200. The van der Waals surface area contributed by atoms with E-state index in [9.17, 15) is 0 Å². The van der Waals surface area contributed by atoms with Gasteiger partial charge in [0.05, 0.1) is 0 Å². The van der Waals surface area contributed by atoms with Crippen LogP contribution >= 0.6 is 23.2 Å². The molecule has 2 rings (SSSR count). The van der Waals surface area contributed by atoms with Gasteiger partial charge in [-0.2, -0.15) is 0 Å². The number of hydrogen-bond acceptors (Lipinski definition) is 1. The molecule has 0 saturated heterocycles. The van der Waals surface area contributed by atoms with Crippen molar-refractivity contribution in [3.63, 3.8) is 0 Å². The van der Waals surface area contributed by atoms with Gasteiger partial charge in [-0.3, -0.25) is 0 Å². The van der Waals surface area contributed by atoms with Crippen LogP contribution in [0.5, 0.6) is 5.75 Å². The smallest absolute Gasteiger partial charge is 0.119 e. The van der Waals surface area contributed by atoms with Gasteiger partial charge in [0.25, 0.3) is 0 Å². The lowest BCUT2D eigenvalue weighted by atomic mass is 10.1. The molecule has 0 bridgehead atoms. The van der Waals surface area contributed by atoms with Gasteiger partial charge in [-0.15, -0.1) is 0 Å². The molecule has 2 aromatic carbocycles. The summed E-state index contributed by atoms with van der Waals surface area (Å²) < 4.78 is 6.08. The molecule has 0 unspecified atom stereocenters. The maximum absolute atomic E-state index is 5.75. The fourth-order valence-electron chi connectivity index (χ4n) is 2.17. The highest BCUT2D eigenvalue weighted by atomic mass is 35.5. The van der Waals surface area contributed by atoms with Gasteiger partial charge in [-0.05, 0) is 49.1 Å². The predicted octanol–water partition coefficient (Wildman–Crippen LogP) is 6.78. The molecule has 0 heterocycles. The van der Waals surface area contributed by atoms with Crippen LogP contribution in [0.15, 0.2) is 76.8 Å². The van der Waals surface area contributed by atoms with Crippen LogP contribution in [0, 0.1) is 0 Å². The molecule has 2 aromatic rings. The second-order valence-corrected chi connectivity index (χ2v) is 6.29. The summed E-state index contributed by atoms with van der Waals surface area (Å²) in [5.74, 6) is 0.873. The van der Waals surface area contributed by atoms with Gasteiger partial charge in [-0.1, -0.05) is 77.3 Å². The van der Waals surface area contributed by atoms with E-state index in [1.165, 1.54) is 16.7 Å². The number of allylic oxidation sites excluding steroid dienone is 2. The normalized spacial score (nSPS) is 11.2. The molecule has 23 heavy (non-hydrogen) atoms. The molecule has 0 saturated carbocycles. The van der Waals surface area contributed by atoms with Crippen molar-refractivity contribution >= 4 is 23.2 Å². The lowest BCUT2D eigenvalue weighted by Crippen LogP contribution is -1.94. The highest BCUT2D eigenvalue weighted by Gasteiger charge is 1.98. The Bertz CT molecular complexity index is 654. The number of ether oxygens (including phenoxy) is 1. The zero-order valence-corrected chi connectivity index (χ0v) is 14.6. The van der Waals surface area contributed by atoms with Crippen molar-refractivity contribution in [3.8, 4) is 16.9 Å². The largest absolute Gasteiger partial charge is 0.490 e. The summed E-state index contributed by atoms with van der Waals surface area (Å²) in [6.45, 7) is 2.65. The third kappa shape index (κ3) is 6.52. The Morgan fingerprint density at radius 3 is 2.22 bits per heavy atom. The molecular formula is C20H20Cl2O. The van der Waals surface area contributed by atoms with E-state index >= 15 is 0 Å². The zero-order chi connectivity index (χ0) is 16.5. The van der Waals surface area contributed by atoms with Crippen LogP contribution in [-0.4, -0.2) is 6.61 Å². The van der Waals surface area contributed by atoms with Crippen LogP contribution in [0.3, 0.4) is 0 Å². The zero-order valence-electron chi connectivity index (χ0n) is 13.1. The summed E-state index contributed by atoms with van der Waals surface area (Å²) >= 11 is 11.2. The second kappa shape index (κ2) is 9.44. The number of hydrogen-bond donors (Lipinski definition) is 0. The molecule has 1 nitrogen and oxygen atoms in total. The Balaban J connectivity index is 1.83. The number of benzene rings is 2. The minimum Gasteiger partial charge on any atom is -0.490 e. The Labute approximate surface area is 148 Å². The molecule has 0 atom stereocenters. The first-order valence-electron chi connectivity index (χ1n) is 7.60. The highest BCUT2D eigenvalue weighted by molar-refractivity contribution is 6.55. The first-order chi connectivity index (χ1) is 11.1. The molecule has 0 aliphatic heterocycles. The van der Waals surface area contributed by atoms with Crippen LogP contribution in [0.2, 0.25) is 0 Å². The standard InChI is InChI=1S/C20H20Cl2O/c1-16(6-5-9-20(21)22)14-15-23-19-12-10-18(11-13-19)17-7-3-2-4-8-17/h2-4,7-14H,5-6,15H2,1H3/b16-14+. The predicted molar refractivity (Wildman–Crippen MR) is 100 cm³/mol. The van der Waals surface area contributed by atoms with E-state index in [4.69, 9.17) is 27.9 Å². The lowest BCUT2D eigenvalue weighted by molar-refractivity contribution is 0.361. The molecule has 0 radical (unpaired) electrons. The molecule has 0 aliphatic rings. The van der Waals surface area contributed by atoms with Gasteiger partial charge in [0.2, 0.25) is 0 Å². The number of rotatable bonds is 7. The van der Waals surface area contributed by atoms with Gasteiger partial charge >= 0.3 is 0 Å². The van der Waals surface area contributed by atoms with E-state index < -0.39 is 0 Å². The average molecular weight is 347 g/mol. The third-order valence-electron chi connectivity index (χ3n) is 3.48. The summed E-state index contributed by atoms with van der Waals surface area (Å²) in [6.07, 6.45) is 5.67. The molecule has 0 N–H and O–H groups in total. The summed E-state index contributed by atoms with van der Waals surface area (Å²) in [6, 6.07) is 18.5. The van der Waals surface area contributed by atoms with Crippen molar-refractivity contribution in [2.75, 3.05) is 6.61 Å². The first-order valence-corrected chi connectivity index (χ1v) is 8.36. The quantitative estimate of drug-likeness (QED) is 0.502. The monoisotopic (exact) mass is 346 g/mol. The van der Waals surface area contributed by atoms with Crippen molar-refractivity contribution < 1.29 is 4.74 Å². The summed E-state index contributed by atoms with van der Waals surface area (Å²) in [5.41, 5.74) is 3.66. The van der Waals surface area contributed by atoms with Crippen molar-refractivity contribution in [2.24, 2.45) is 0 Å². The van der Waals surface area contributed by atoms with E-state index in [0.717, 1.165) is 18.6 Å². The minimum absolute atomic E-state index is 0.326. The fourth-order valence-corrected chi connectivity index (χ4v) is 2.38. The maximum atomic E-state index is 5.75. The average Bonchev–Trinajstić information content (AvgIpc) is 2.56. The van der Waals surface area contributed by atoms with Crippen LogP contribution < -0.4 is 4.74 Å². The van der Waals surface area contributed by atoms with E-state index in [1.54, 1.807) is 0 Å². The van der Waals surface area contributed by atoms with Crippen molar-refractivity contribution in [2.45, 2.75) is 19.8 Å². The summed E-state index contributed by atoms with van der Waals surface area (Å²) in [5, 5.41) is 0. The van der Waals surface area contributed by atoms with E-state index in [-0.39, 0.29) is 0 Å². The topological polar surface area (TPSA) is 9.23 Å². The second-order valence-electron chi connectivity index (χ2n) is 5.28.